The van der Waals surface area contributed by atoms with Gasteiger partial charge < -0.3 is 9.84 Å². The third-order valence-electron chi connectivity index (χ3n) is 1.91. The van der Waals surface area contributed by atoms with E-state index in [0.29, 0.717) is 0 Å². The highest BCUT2D eigenvalue weighted by Crippen LogP contribution is 2.31. The summed E-state index contributed by atoms with van der Waals surface area (Å²) in [7, 11) is 1.26. The van der Waals surface area contributed by atoms with Gasteiger partial charge in [0.15, 0.2) is 11.6 Å². The summed E-state index contributed by atoms with van der Waals surface area (Å²) in [5.41, 5.74) is 0.256. The largest absolute Gasteiger partial charge is 0.493 e. The average molecular weight is 237 g/mol. The molecule has 0 aliphatic heterocycles. The zero-order valence-corrected chi connectivity index (χ0v) is 9.11. The van der Waals surface area contributed by atoms with Crippen LogP contribution in [0.5, 0.6) is 5.75 Å². The Labute approximate surface area is 91.4 Å². The van der Waals surface area contributed by atoms with Crippen LogP contribution >= 0.6 is 11.6 Å². The van der Waals surface area contributed by atoms with Crippen molar-refractivity contribution in [1.82, 2.24) is 0 Å². The van der Waals surface area contributed by atoms with Gasteiger partial charge in [-0.25, -0.2) is 8.78 Å². The van der Waals surface area contributed by atoms with Crippen LogP contribution in [0.1, 0.15) is 12.5 Å². The number of hydrogen-bond donors (Lipinski definition) is 1. The minimum atomic E-state index is -0.935. The van der Waals surface area contributed by atoms with Crippen LogP contribution in [0, 0.1) is 11.6 Å². The van der Waals surface area contributed by atoms with E-state index in [2.05, 4.69) is 0 Å². The van der Waals surface area contributed by atoms with Crippen LogP contribution < -0.4 is 4.74 Å². The van der Waals surface area contributed by atoms with Gasteiger partial charge in [-0.15, -0.1) is 0 Å². The number of ether oxygens (including phenoxy) is 1. The summed E-state index contributed by atoms with van der Waals surface area (Å²) in [4.78, 5) is 0. The van der Waals surface area contributed by atoms with Gasteiger partial charge >= 0.3 is 0 Å². The van der Waals surface area contributed by atoms with Gasteiger partial charge in [-0.1, -0.05) is 11.6 Å². The fourth-order valence-electron chi connectivity index (χ4n) is 1.32. The molecule has 0 bridgehead atoms. The lowest BCUT2D eigenvalue weighted by Gasteiger charge is -2.12. The SMILES string of the molecule is COc1c(CC(C)O)cc(F)c(Cl)c1F. The summed E-state index contributed by atoms with van der Waals surface area (Å²) in [6, 6.07) is 1.07. The molecule has 84 valence electrons. The fourth-order valence-corrected chi connectivity index (χ4v) is 1.46. The van der Waals surface area contributed by atoms with Crippen LogP contribution in [0.4, 0.5) is 8.78 Å². The maximum Gasteiger partial charge on any atom is 0.186 e. The highest BCUT2D eigenvalue weighted by atomic mass is 35.5. The first-order valence-corrected chi connectivity index (χ1v) is 4.73. The maximum absolute atomic E-state index is 13.4. The van der Waals surface area contributed by atoms with Crippen molar-refractivity contribution in [2.24, 2.45) is 0 Å². The standard InChI is InChI=1S/C10H11ClF2O2/c1-5(14)3-6-4-7(12)8(11)9(13)10(6)15-2/h4-5,14H,3H2,1-2H3. The summed E-state index contributed by atoms with van der Waals surface area (Å²) >= 11 is 5.38. The molecule has 0 saturated carbocycles. The Morgan fingerprint density at radius 3 is 2.60 bits per heavy atom. The Morgan fingerprint density at radius 2 is 2.13 bits per heavy atom. The molecule has 1 aromatic carbocycles. The minimum Gasteiger partial charge on any atom is -0.493 e. The van der Waals surface area contributed by atoms with Crippen molar-refractivity contribution in [2.45, 2.75) is 19.4 Å². The number of halogens is 3. The van der Waals surface area contributed by atoms with Gasteiger partial charge in [0.2, 0.25) is 0 Å². The number of benzene rings is 1. The van der Waals surface area contributed by atoms with E-state index in [1.165, 1.54) is 14.0 Å². The van der Waals surface area contributed by atoms with Gasteiger partial charge in [-0.2, -0.15) is 0 Å². The van der Waals surface area contributed by atoms with E-state index in [-0.39, 0.29) is 17.7 Å². The Kier molecular flexibility index (Phi) is 3.88. The van der Waals surface area contributed by atoms with Gasteiger partial charge in [0.05, 0.1) is 13.2 Å². The Hall–Kier alpha value is -0.870. The zero-order chi connectivity index (χ0) is 11.6. The molecule has 0 aliphatic carbocycles. The number of rotatable bonds is 3. The topological polar surface area (TPSA) is 29.5 Å². The van der Waals surface area contributed by atoms with Gasteiger partial charge in [-0.3, -0.25) is 0 Å². The first-order valence-electron chi connectivity index (χ1n) is 4.35. The Bertz CT molecular complexity index is 367. The molecule has 1 N–H and O–H groups in total. The van der Waals surface area contributed by atoms with Crippen LogP contribution in [-0.4, -0.2) is 18.3 Å². The molecule has 0 saturated heterocycles. The predicted octanol–water partition coefficient (Wildman–Crippen LogP) is 2.55. The molecule has 1 rings (SSSR count). The van der Waals surface area contributed by atoms with E-state index in [0.717, 1.165) is 6.07 Å². The van der Waals surface area contributed by atoms with Crippen molar-refractivity contribution < 1.29 is 18.6 Å². The van der Waals surface area contributed by atoms with Crippen molar-refractivity contribution in [3.8, 4) is 5.75 Å². The van der Waals surface area contributed by atoms with E-state index in [1.54, 1.807) is 0 Å². The van der Waals surface area contributed by atoms with Gasteiger partial charge in [-0.05, 0) is 13.0 Å². The molecule has 0 aliphatic rings. The van der Waals surface area contributed by atoms with Crippen LogP contribution in [0.25, 0.3) is 0 Å². The van der Waals surface area contributed by atoms with E-state index >= 15 is 0 Å². The van der Waals surface area contributed by atoms with Crippen LogP contribution in [0.2, 0.25) is 5.02 Å². The smallest absolute Gasteiger partial charge is 0.186 e. The molecule has 0 fully saturated rings. The number of hydrogen-bond acceptors (Lipinski definition) is 2. The predicted molar refractivity (Wildman–Crippen MR) is 53.3 cm³/mol. The molecule has 0 spiro atoms. The van der Waals surface area contributed by atoms with Crippen LogP contribution in [0.3, 0.4) is 0 Å². The van der Waals surface area contributed by atoms with Crippen LogP contribution in [-0.2, 0) is 6.42 Å². The van der Waals surface area contributed by atoms with E-state index in [1.807, 2.05) is 0 Å². The van der Waals surface area contributed by atoms with Crippen molar-refractivity contribution in [3.63, 3.8) is 0 Å². The van der Waals surface area contributed by atoms with E-state index < -0.39 is 22.8 Å². The second-order valence-corrected chi connectivity index (χ2v) is 3.61. The third-order valence-corrected chi connectivity index (χ3v) is 2.26. The normalized spacial score (nSPS) is 12.7. The van der Waals surface area contributed by atoms with Crippen molar-refractivity contribution in [3.05, 3.63) is 28.3 Å². The second kappa shape index (κ2) is 4.77. The highest BCUT2D eigenvalue weighted by Gasteiger charge is 2.18. The molecule has 0 amide bonds. The molecule has 15 heavy (non-hydrogen) atoms. The molecular formula is C10H11ClF2O2. The quantitative estimate of drug-likeness (QED) is 0.818. The number of aliphatic hydroxyl groups is 1. The van der Waals surface area contributed by atoms with Crippen molar-refractivity contribution in [2.75, 3.05) is 7.11 Å². The Morgan fingerprint density at radius 1 is 1.53 bits per heavy atom. The lowest BCUT2D eigenvalue weighted by atomic mass is 10.1. The minimum absolute atomic E-state index is 0.105. The first kappa shape index (κ1) is 12.2. The number of methoxy groups -OCH3 is 1. The Balaban J connectivity index is 3.25. The fraction of sp³-hybridized carbons (Fsp3) is 0.400. The van der Waals surface area contributed by atoms with Gasteiger partial charge in [0, 0.05) is 12.0 Å². The van der Waals surface area contributed by atoms with E-state index in [9.17, 15) is 8.78 Å². The first-order chi connectivity index (χ1) is 6.97. The van der Waals surface area contributed by atoms with Crippen molar-refractivity contribution >= 4 is 11.6 Å². The molecule has 5 heteroatoms. The molecule has 0 heterocycles. The summed E-state index contributed by atoms with van der Waals surface area (Å²) in [6.07, 6.45) is -0.604. The summed E-state index contributed by atoms with van der Waals surface area (Å²) < 4.78 is 31.3. The van der Waals surface area contributed by atoms with E-state index in [4.69, 9.17) is 21.4 Å². The lowest BCUT2D eigenvalue weighted by molar-refractivity contribution is 0.193. The van der Waals surface area contributed by atoms with Gasteiger partial charge in [0.25, 0.3) is 0 Å². The molecule has 1 unspecified atom stereocenters. The summed E-state index contributed by atoms with van der Waals surface area (Å²) in [5.74, 6) is -1.91. The summed E-state index contributed by atoms with van der Waals surface area (Å²) in [6.45, 7) is 1.52. The zero-order valence-electron chi connectivity index (χ0n) is 8.35. The molecular weight excluding hydrogens is 226 g/mol. The second-order valence-electron chi connectivity index (χ2n) is 3.23. The molecule has 0 radical (unpaired) electrons. The number of aliphatic hydroxyl groups excluding tert-OH is 1. The summed E-state index contributed by atoms with van der Waals surface area (Å²) in [5, 5.41) is 8.55. The molecule has 0 aromatic heterocycles. The molecule has 2 nitrogen and oxygen atoms in total. The van der Waals surface area contributed by atoms with Crippen LogP contribution in [0.15, 0.2) is 6.07 Å². The van der Waals surface area contributed by atoms with Crippen molar-refractivity contribution in [1.29, 1.82) is 0 Å². The third kappa shape index (κ3) is 2.58. The van der Waals surface area contributed by atoms with Gasteiger partial charge in [0.1, 0.15) is 10.8 Å². The molecule has 1 aromatic rings. The average Bonchev–Trinajstić information content (AvgIpc) is 2.14. The molecule has 1 atom stereocenters. The highest BCUT2D eigenvalue weighted by molar-refractivity contribution is 6.31. The lowest BCUT2D eigenvalue weighted by Crippen LogP contribution is -2.07. The maximum atomic E-state index is 13.4. The monoisotopic (exact) mass is 236 g/mol.